The number of aliphatic hydroxyl groups is 1. The normalized spacial score (nSPS) is 12.0. The lowest BCUT2D eigenvalue weighted by Crippen LogP contribution is -2.42. The second-order valence-corrected chi connectivity index (χ2v) is 7.68. The lowest BCUT2D eigenvalue weighted by atomic mass is 10.1. The summed E-state index contributed by atoms with van der Waals surface area (Å²) in [6.45, 7) is 5.10. The predicted molar refractivity (Wildman–Crippen MR) is 122 cm³/mol. The number of aliphatic hydroxyl groups excluding tert-OH is 1. The van der Waals surface area contributed by atoms with Crippen molar-refractivity contribution in [2.75, 3.05) is 13.2 Å². The van der Waals surface area contributed by atoms with Crippen LogP contribution < -0.4 is 10.9 Å². The average molecular weight is 410 g/mol. The second kappa shape index (κ2) is 9.67. The minimum Gasteiger partial charge on any atom is -0.396 e. The van der Waals surface area contributed by atoms with E-state index in [-0.39, 0.29) is 18.2 Å². The van der Waals surface area contributed by atoms with Crippen molar-refractivity contribution in [3.05, 3.63) is 81.6 Å². The highest BCUT2D eigenvalue weighted by Gasteiger charge is 2.15. The average Bonchev–Trinajstić information content (AvgIpc) is 2.72. The van der Waals surface area contributed by atoms with E-state index in [9.17, 15) is 9.90 Å². The van der Waals surface area contributed by atoms with Gasteiger partial charge in [-0.05, 0) is 61.6 Å². The number of aryl methyl sites for hydroxylation is 1. The molecule has 0 fully saturated rings. The second-order valence-electron chi connectivity index (χ2n) is 7.29. The molecule has 0 saturated carbocycles. The van der Waals surface area contributed by atoms with E-state index in [1.54, 1.807) is 0 Å². The van der Waals surface area contributed by atoms with Crippen LogP contribution in [0.4, 0.5) is 0 Å². The molecule has 2 aromatic carbocycles. The third kappa shape index (κ3) is 5.43. The number of aromatic amines is 1. The predicted octanol–water partition coefficient (Wildman–Crippen LogP) is 3.66. The highest BCUT2D eigenvalue weighted by molar-refractivity contribution is 7.80. The standard InChI is InChI=1S/C23H27N3O2S/c1-16-9-10-21-19(13-16)14-20(22(28)25-21)15-26(11-6-12-27)23(29)24-17(2)18-7-4-3-5-8-18/h3-5,7-10,13-14,17,27H,6,11-12,15H2,1-2H3,(H,24,29)(H,25,28)/t17-/m1/s1. The molecule has 0 aliphatic heterocycles. The molecule has 3 N–H and O–H groups in total. The third-order valence-corrected chi connectivity index (χ3v) is 5.33. The van der Waals surface area contributed by atoms with E-state index in [0.717, 1.165) is 22.0 Å². The number of hydrogen-bond acceptors (Lipinski definition) is 3. The molecule has 1 aromatic heterocycles. The Labute approximate surface area is 176 Å². The van der Waals surface area contributed by atoms with Gasteiger partial charge in [0.1, 0.15) is 0 Å². The van der Waals surface area contributed by atoms with Crippen LogP contribution in [0, 0.1) is 6.92 Å². The Morgan fingerprint density at radius 1 is 1.21 bits per heavy atom. The molecule has 0 saturated heterocycles. The minimum absolute atomic E-state index is 0.0397. The van der Waals surface area contributed by atoms with Gasteiger partial charge < -0.3 is 20.3 Å². The molecule has 1 heterocycles. The van der Waals surface area contributed by atoms with Crippen LogP contribution in [0.15, 0.2) is 59.4 Å². The fourth-order valence-electron chi connectivity index (χ4n) is 3.31. The molecule has 6 heteroatoms. The maximum absolute atomic E-state index is 12.6. The SMILES string of the molecule is Cc1ccc2[nH]c(=O)c(CN(CCCO)C(=S)N[C@H](C)c3ccccc3)cc2c1. The van der Waals surface area contributed by atoms with Crippen molar-refractivity contribution < 1.29 is 5.11 Å². The molecule has 1 atom stereocenters. The first-order chi connectivity index (χ1) is 14.0. The van der Waals surface area contributed by atoms with E-state index in [0.29, 0.717) is 30.2 Å². The van der Waals surface area contributed by atoms with E-state index in [2.05, 4.69) is 35.4 Å². The van der Waals surface area contributed by atoms with Gasteiger partial charge in [0.25, 0.3) is 5.56 Å². The zero-order valence-electron chi connectivity index (χ0n) is 16.8. The summed E-state index contributed by atoms with van der Waals surface area (Å²) in [7, 11) is 0. The van der Waals surface area contributed by atoms with Crippen molar-refractivity contribution in [2.45, 2.75) is 32.9 Å². The van der Waals surface area contributed by atoms with Crippen LogP contribution in [-0.4, -0.2) is 33.3 Å². The van der Waals surface area contributed by atoms with E-state index in [1.165, 1.54) is 0 Å². The van der Waals surface area contributed by atoms with E-state index >= 15 is 0 Å². The monoisotopic (exact) mass is 409 g/mol. The molecule has 0 spiro atoms. The lowest BCUT2D eigenvalue weighted by Gasteiger charge is -2.28. The van der Waals surface area contributed by atoms with Crippen molar-refractivity contribution in [3.8, 4) is 0 Å². The molecular formula is C23H27N3O2S. The Morgan fingerprint density at radius 2 is 1.97 bits per heavy atom. The van der Waals surface area contributed by atoms with Crippen molar-refractivity contribution in [3.63, 3.8) is 0 Å². The van der Waals surface area contributed by atoms with Gasteiger partial charge >= 0.3 is 0 Å². The first kappa shape index (κ1) is 21.0. The van der Waals surface area contributed by atoms with Crippen LogP contribution in [0.25, 0.3) is 10.9 Å². The van der Waals surface area contributed by atoms with Crippen LogP contribution in [0.5, 0.6) is 0 Å². The summed E-state index contributed by atoms with van der Waals surface area (Å²) >= 11 is 5.65. The Kier molecular flexibility index (Phi) is 7.01. The molecule has 29 heavy (non-hydrogen) atoms. The summed E-state index contributed by atoms with van der Waals surface area (Å²) in [6.07, 6.45) is 0.576. The molecule has 152 valence electrons. The summed E-state index contributed by atoms with van der Waals surface area (Å²) < 4.78 is 0. The van der Waals surface area contributed by atoms with Crippen LogP contribution in [0.2, 0.25) is 0 Å². The number of aromatic nitrogens is 1. The van der Waals surface area contributed by atoms with Gasteiger partial charge in [-0.2, -0.15) is 0 Å². The largest absolute Gasteiger partial charge is 0.396 e. The number of H-pyrrole nitrogens is 1. The van der Waals surface area contributed by atoms with E-state index in [4.69, 9.17) is 12.2 Å². The van der Waals surface area contributed by atoms with Crippen molar-refractivity contribution in [1.82, 2.24) is 15.2 Å². The molecule has 0 aliphatic rings. The van der Waals surface area contributed by atoms with Gasteiger partial charge in [-0.25, -0.2) is 0 Å². The van der Waals surface area contributed by atoms with Crippen LogP contribution >= 0.6 is 12.2 Å². The van der Waals surface area contributed by atoms with Gasteiger partial charge in [-0.15, -0.1) is 0 Å². The molecule has 3 rings (SSSR count). The number of nitrogens with zero attached hydrogens (tertiary/aromatic N) is 1. The van der Waals surface area contributed by atoms with Gasteiger partial charge in [0, 0.05) is 24.2 Å². The topological polar surface area (TPSA) is 68.4 Å². The minimum atomic E-state index is -0.116. The number of pyridine rings is 1. The maximum atomic E-state index is 12.6. The highest BCUT2D eigenvalue weighted by atomic mass is 32.1. The third-order valence-electron chi connectivity index (χ3n) is 4.95. The molecule has 0 bridgehead atoms. The Balaban J connectivity index is 1.81. The fourth-order valence-corrected chi connectivity index (χ4v) is 3.64. The summed E-state index contributed by atoms with van der Waals surface area (Å²) in [5.41, 5.74) is 3.63. The molecule has 0 unspecified atom stereocenters. The Hall–Kier alpha value is -2.70. The summed E-state index contributed by atoms with van der Waals surface area (Å²) in [6, 6.07) is 18.0. The Morgan fingerprint density at radius 3 is 2.69 bits per heavy atom. The molecular weight excluding hydrogens is 382 g/mol. The van der Waals surface area contributed by atoms with E-state index < -0.39 is 0 Å². The molecule has 5 nitrogen and oxygen atoms in total. The van der Waals surface area contributed by atoms with Gasteiger partial charge in [0.05, 0.1) is 12.6 Å². The lowest BCUT2D eigenvalue weighted by molar-refractivity contribution is 0.263. The smallest absolute Gasteiger partial charge is 0.253 e. The zero-order valence-corrected chi connectivity index (χ0v) is 17.6. The molecule has 0 radical (unpaired) electrons. The van der Waals surface area contributed by atoms with Crippen LogP contribution in [0.1, 0.15) is 36.1 Å². The molecule has 0 amide bonds. The van der Waals surface area contributed by atoms with Crippen molar-refractivity contribution in [2.24, 2.45) is 0 Å². The van der Waals surface area contributed by atoms with Crippen molar-refractivity contribution in [1.29, 1.82) is 0 Å². The first-order valence-electron chi connectivity index (χ1n) is 9.81. The van der Waals surface area contributed by atoms with Gasteiger partial charge in [0.15, 0.2) is 5.11 Å². The summed E-state index contributed by atoms with van der Waals surface area (Å²) in [5, 5.41) is 14.2. The number of benzene rings is 2. The summed E-state index contributed by atoms with van der Waals surface area (Å²) in [5.74, 6) is 0. The maximum Gasteiger partial charge on any atom is 0.253 e. The number of rotatable bonds is 7. The fraction of sp³-hybridized carbons (Fsp3) is 0.304. The number of hydrogen-bond donors (Lipinski definition) is 3. The molecule has 0 aliphatic carbocycles. The van der Waals surface area contributed by atoms with Crippen LogP contribution in [-0.2, 0) is 6.54 Å². The number of fused-ring (bicyclic) bond motifs is 1. The Bertz CT molecular complexity index is 1030. The number of nitrogens with one attached hydrogen (secondary N) is 2. The zero-order chi connectivity index (χ0) is 20.8. The number of thiocarbonyl (C=S) groups is 1. The first-order valence-corrected chi connectivity index (χ1v) is 10.2. The van der Waals surface area contributed by atoms with Gasteiger partial charge in [-0.1, -0.05) is 42.0 Å². The quantitative estimate of drug-likeness (QED) is 0.520. The van der Waals surface area contributed by atoms with Crippen LogP contribution in [0.3, 0.4) is 0 Å². The van der Waals surface area contributed by atoms with Crippen molar-refractivity contribution >= 4 is 28.2 Å². The van der Waals surface area contributed by atoms with Gasteiger partial charge in [0.2, 0.25) is 0 Å². The van der Waals surface area contributed by atoms with E-state index in [1.807, 2.05) is 48.2 Å². The highest BCUT2D eigenvalue weighted by Crippen LogP contribution is 2.16. The summed E-state index contributed by atoms with van der Waals surface area (Å²) in [4.78, 5) is 17.5. The van der Waals surface area contributed by atoms with Gasteiger partial charge in [-0.3, -0.25) is 4.79 Å². The molecule has 3 aromatic rings.